The molecule has 4 rings (SSSR count). The topological polar surface area (TPSA) is 103 Å². The number of aromatic nitrogens is 3. The summed E-state index contributed by atoms with van der Waals surface area (Å²) in [7, 11) is 0. The Kier molecular flexibility index (Phi) is 4.11. The number of nitrogens with one attached hydrogen (secondary N) is 3. The molecule has 27 heavy (non-hydrogen) atoms. The Morgan fingerprint density at radius 3 is 2.81 bits per heavy atom. The van der Waals surface area contributed by atoms with Crippen LogP contribution < -0.4 is 10.6 Å². The molecule has 0 radical (unpaired) electrons. The van der Waals surface area contributed by atoms with Crippen LogP contribution in [0, 0.1) is 6.92 Å². The molecule has 4 N–H and O–H groups in total. The fourth-order valence-electron chi connectivity index (χ4n) is 3.29. The van der Waals surface area contributed by atoms with Gasteiger partial charge in [-0.2, -0.15) is 0 Å². The van der Waals surface area contributed by atoms with Crippen LogP contribution in [0.5, 0.6) is 0 Å². The van der Waals surface area contributed by atoms with E-state index < -0.39 is 5.60 Å². The zero-order valence-corrected chi connectivity index (χ0v) is 15.7. The van der Waals surface area contributed by atoms with E-state index in [-0.39, 0.29) is 5.91 Å². The Labute approximate surface area is 157 Å². The van der Waals surface area contributed by atoms with Crippen molar-refractivity contribution in [3.05, 3.63) is 41.2 Å². The molecule has 0 unspecified atom stereocenters. The third-order valence-corrected chi connectivity index (χ3v) is 4.65. The second kappa shape index (κ2) is 6.35. The Balaban J connectivity index is 1.80. The second-order valence-corrected chi connectivity index (χ2v) is 7.58. The van der Waals surface area contributed by atoms with Crippen LogP contribution in [0.3, 0.4) is 0 Å². The predicted molar refractivity (Wildman–Crippen MR) is 105 cm³/mol. The van der Waals surface area contributed by atoms with Gasteiger partial charge in [-0.15, -0.1) is 0 Å². The maximum absolute atomic E-state index is 12.1. The number of H-pyrrole nitrogens is 1. The average Bonchev–Trinajstić information content (AvgIpc) is 3.04. The molecule has 0 bridgehead atoms. The number of carbonyl (C=O) groups excluding carboxylic acids is 1. The molecule has 0 spiro atoms. The fourth-order valence-corrected chi connectivity index (χ4v) is 3.29. The van der Waals surface area contributed by atoms with Crippen molar-refractivity contribution in [3.8, 4) is 11.3 Å². The van der Waals surface area contributed by atoms with Crippen molar-refractivity contribution in [2.75, 3.05) is 18.4 Å². The fraction of sp³-hybridized carbons (Fsp3) is 0.350. The molecule has 1 amide bonds. The molecule has 1 aromatic carbocycles. The number of hydrogen-bond acceptors (Lipinski definition) is 5. The summed E-state index contributed by atoms with van der Waals surface area (Å²) < 4.78 is 0. The molecule has 140 valence electrons. The highest BCUT2D eigenvalue weighted by Crippen LogP contribution is 2.30. The third-order valence-electron chi connectivity index (χ3n) is 4.65. The molecule has 7 nitrogen and oxygen atoms in total. The van der Waals surface area contributed by atoms with E-state index in [2.05, 4.69) is 20.6 Å². The lowest BCUT2D eigenvalue weighted by Crippen LogP contribution is -2.31. The van der Waals surface area contributed by atoms with Crippen molar-refractivity contribution in [2.24, 2.45) is 0 Å². The Hall–Kier alpha value is -2.93. The molecule has 0 aliphatic carbocycles. The van der Waals surface area contributed by atoms with Crippen molar-refractivity contribution < 1.29 is 9.90 Å². The average molecular weight is 365 g/mol. The second-order valence-electron chi connectivity index (χ2n) is 7.58. The first kappa shape index (κ1) is 17.5. The zero-order valence-electron chi connectivity index (χ0n) is 15.7. The number of hydrogen-bond donors (Lipinski definition) is 4. The van der Waals surface area contributed by atoms with Gasteiger partial charge < -0.3 is 20.7 Å². The Morgan fingerprint density at radius 2 is 2.07 bits per heavy atom. The zero-order chi connectivity index (χ0) is 19.2. The summed E-state index contributed by atoms with van der Waals surface area (Å²) in [5.41, 5.74) is 4.85. The van der Waals surface area contributed by atoms with E-state index in [9.17, 15) is 9.90 Å². The molecule has 0 atom stereocenters. The number of rotatable bonds is 4. The Bertz CT molecular complexity index is 1030. The van der Waals surface area contributed by atoms with Gasteiger partial charge in [-0.3, -0.25) is 4.79 Å². The van der Waals surface area contributed by atoms with Crippen molar-refractivity contribution in [1.29, 1.82) is 0 Å². The summed E-state index contributed by atoms with van der Waals surface area (Å²) in [6, 6.07) is 7.72. The van der Waals surface area contributed by atoms with Crippen LogP contribution in [-0.2, 0) is 6.42 Å². The van der Waals surface area contributed by atoms with E-state index in [0.717, 1.165) is 40.1 Å². The normalized spacial score (nSPS) is 14.1. The highest BCUT2D eigenvalue weighted by Gasteiger charge is 2.21. The monoisotopic (exact) mass is 365 g/mol. The molecule has 0 saturated heterocycles. The Morgan fingerprint density at radius 1 is 1.26 bits per heavy atom. The molecule has 0 saturated carbocycles. The van der Waals surface area contributed by atoms with Gasteiger partial charge >= 0.3 is 0 Å². The van der Waals surface area contributed by atoms with E-state index in [1.54, 1.807) is 13.8 Å². The summed E-state index contributed by atoms with van der Waals surface area (Å²) in [5.74, 6) is 0.597. The van der Waals surface area contributed by atoms with Crippen LogP contribution in [0.2, 0.25) is 0 Å². The van der Waals surface area contributed by atoms with E-state index in [1.807, 2.05) is 31.2 Å². The van der Waals surface area contributed by atoms with Gasteiger partial charge in [0.25, 0.3) is 5.91 Å². The van der Waals surface area contributed by atoms with Gasteiger partial charge in [0.05, 0.1) is 22.4 Å². The lowest BCUT2D eigenvalue weighted by atomic mass is 10.1. The van der Waals surface area contributed by atoms with Crippen LogP contribution in [0.4, 0.5) is 5.82 Å². The molecule has 3 heterocycles. The van der Waals surface area contributed by atoms with Gasteiger partial charge in [0.15, 0.2) is 0 Å². The van der Waals surface area contributed by atoms with E-state index in [0.29, 0.717) is 24.5 Å². The molecule has 1 aliphatic rings. The first-order chi connectivity index (χ1) is 12.8. The molecule has 7 heteroatoms. The summed E-state index contributed by atoms with van der Waals surface area (Å²) in [5, 5.41) is 16.0. The standard InChI is InChI=1S/C20H23N5O2/c1-11-18(22-10-20(2,3)27)25-17-12(5-4-6-15(17)23-11)16-9-13-14(24-16)7-8-21-19(13)26/h4-6,9,24,27H,7-8,10H2,1-3H3,(H,21,26)(H,22,25). The van der Waals surface area contributed by atoms with Crippen molar-refractivity contribution in [3.63, 3.8) is 0 Å². The number of anilines is 1. The summed E-state index contributed by atoms with van der Waals surface area (Å²) in [6.07, 6.45) is 0.787. The number of nitrogens with zero attached hydrogens (tertiary/aromatic N) is 2. The van der Waals surface area contributed by atoms with Gasteiger partial charge in [0.2, 0.25) is 0 Å². The maximum Gasteiger partial charge on any atom is 0.253 e. The molecule has 0 fully saturated rings. The lowest BCUT2D eigenvalue weighted by Gasteiger charge is -2.19. The summed E-state index contributed by atoms with van der Waals surface area (Å²) in [6.45, 7) is 6.38. The van der Waals surface area contributed by atoms with Gasteiger partial charge in [-0.05, 0) is 32.9 Å². The number of benzene rings is 1. The van der Waals surface area contributed by atoms with E-state index in [1.165, 1.54) is 0 Å². The molecule has 1 aliphatic heterocycles. The number of amides is 1. The van der Waals surface area contributed by atoms with Crippen molar-refractivity contribution in [1.82, 2.24) is 20.3 Å². The first-order valence-corrected chi connectivity index (χ1v) is 9.06. The minimum Gasteiger partial charge on any atom is -0.389 e. The first-order valence-electron chi connectivity index (χ1n) is 9.06. The number of carbonyl (C=O) groups is 1. The predicted octanol–water partition coefficient (Wildman–Crippen LogP) is 2.40. The molecule has 2 aromatic heterocycles. The quantitative estimate of drug-likeness (QED) is 0.568. The maximum atomic E-state index is 12.1. The smallest absolute Gasteiger partial charge is 0.253 e. The van der Waals surface area contributed by atoms with Gasteiger partial charge in [0.1, 0.15) is 11.3 Å². The molecular formula is C20H23N5O2. The van der Waals surface area contributed by atoms with Gasteiger partial charge in [-0.1, -0.05) is 12.1 Å². The summed E-state index contributed by atoms with van der Waals surface area (Å²) >= 11 is 0. The highest BCUT2D eigenvalue weighted by molar-refractivity contribution is 5.99. The number of aliphatic hydroxyl groups is 1. The lowest BCUT2D eigenvalue weighted by molar-refractivity contribution is 0.0937. The largest absolute Gasteiger partial charge is 0.389 e. The van der Waals surface area contributed by atoms with Crippen LogP contribution in [0.15, 0.2) is 24.3 Å². The third kappa shape index (κ3) is 3.38. The van der Waals surface area contributed by atoms with Crippen LogP contribution in [0.1, 0.15) is 35.6 Å². The summed E-state index contributed by atoms with van der Waals surface area (Å²) in [4.78, 5) is 24.9. The van der Waals surface area contributed by atoms with E-state index in [4.69, 9.17) is 4.98 Å². The minimum absolute atomic E-state index is 0.0477. The number of aryl methyl sites for hydroxylation is 1. The number of fused-ring (bicyclic) bond motifs is 2. The SMILES string of the molecule is Cc1nc2cccc(-c3cc4c([nH]3)CCNC4=O)c2nc1NCC(C)(C)O. The van der Waals surface area contributed by atoms with Crippen molar-refractivity contribution in [2.45, 2.75) is 32.8 Å². The van der Waals surface area contributed by atoms with Crippen molar-refractivity contribution >= 4 is 22.8 Å². The van der Waals surface area contributed by atoms with Gasteiger partial charge in [-0.25, -0.2) is 9.97 Å². The highest BCUT2D eigenvalue weighted by atomic mass is 16.3. The van der Waals surface area contributed by atoms with E-state index >= 15 is 0 Å². The van der Waals surface area contributed by atoms with Crippen LogP contribution in [-0.4, -0.2) is 44.7 Å². The van der Waals surface area contributed by atoms with Crippen LogP contribution in [0.25, 0.3) is 22.3 Å². The van der Waals surface area contributed by atoms with Gasteiger partial charge in [0, 0.05) is 36.5 Å². The minimum atomic E-state index is -0.853. The molecular weight excluding hydrogens is 342 g/mol. The number of aromatic amines is 1. The van der Waals surface area contributed by atoms with Crippen LogP contribution >= 0.6 is 0 Å². The number of para-hydroxylation sites is 1. The molecule has 3 aromatic rings.